The summed E-state index contributed by atoms with van der Waals surface area (Å²) in [5.74, 6) is 1.03. The third-order valence-corrected chi connectivity index (χ3v) is 3.61. The number of hydrogen-bond acceptors (Lipinski definition) is 5. The van der Waals surface area contributed by atoms with Crippen LogP contribution in [0.15, 0.2) is 52.0 Å². The lowest BCUT2D eigenvalue weighted by Gasteiger charge is -2.11. The summed E-state index contributed by atoms with van der Waals surface area (Å²) in [5.41, 5.74) is 5.33. The minimum atomic E-state index is -0.396. The SMILES string of the molecule is Cc1ccc(-c2cc(C(=O)N/N=C/c3ccc(N(C)C)cc3)n[nH]2)o1. The van der Waals surface area contributed by atoms with Crippen molar-refractivity contribution in [3.8, 4) is 11.5 Å². The van der Waals surface area contributed by atoms with Gasteiger partial charge in [0, 0.05) is 25.8 Å². The van der Waals surface area contributed by atoms with Crippen molar-refractivity contribution < 1.29 is 9.21 Å². The zero-order valence-corrected chi connectivity index (χ0v) is 14.3. The summed E-state index contributed by atoms with van der Waals surface area (Å²) in [6.45, 7) is 1.85. The smallest absolute Gasteiger partial charge is 0.291 e. The van der Waals surface area contributed by atoms with Gasteiger partial charge in [-0.1, -0.05) is 12.1 Å². The van der Waals surface area contributed by atoms with E-state index in [4.69, 9.17) is 4.42 Å². The average Bonchev–Trinajstić information content (AvgIpc) is 3.24. The van der Waals surface area contributed by atoms with E-state index in [1.165, 1.54) is 0 Å². The van der Waals surface area contributed by atoms with E-state index in [2.05, 4.69) is 20.7 Å². The van der Waals surface area contributed by atoms with E-state index in [-0.39, 0.29) is 5.69 Å². The van der Waals surface area contributed by atoms with Crippen LogP contribution in [0.2, 0.25) is 0 Å². The molecule has 3 aromatic rings. The predicted molar refractivity (Wildman–Crippen MR) is 96.9 cm³/mol. The van der Waals surface area contributed by atoms with Crippen LogP contribution >= 0.6 is 0 Å². The molecule has 3 rings (SSSR count). The number of amides is 1. The molecule has 0 aliphatic carbocycles. The van der Waals surface area contributed by atoms with Crippen LogP contribution in [0.3, 0.4) is 0 Å². The molecule has 0 aliphatic rings. The summed E-state index contributed by atoms with van der Waals surface area (Å²) in [7, 11) is 3.96. The molecule has 0 saturated heterocycles. The molecule has 0 fully saturated rings. The Hall–Kier alpha value is -3.35. The van der Waals surface area contributed by atoms with Crippen molar-refractivity contribution >= 4 is 17.8 Å². The molecular formula is C18H19N5O2. The number of benzene rings is 1. The summed E-state index contributed by atoms with van der Waals surface area (Å²) in [6, 6.07) is 13.1. The van der Waals surface area contributed by atoms with Gasteiger partial charge in [-0.15, -0.1) is 0 Å². The number of carbonyl (C=O) groups excluding carboxylic acids is 1. The summed E-state index contributed by atoms with van der Waals surface area (Å²) in [4.78, 5) is 14.1. The van der Waals surface area contributed by atoms with Crippen LogP contribution in [0, 0.1) is 6.92 Å². The van der Waals surface area contributed by atoms with Crippen LogP contribution in [0.1, 0.15) is 21.8 Å². The molecule has 1 aromatic carbocycles. The minimum Gasteiger partial charge on any atom is -0.460 e. The zero-order chi connectivity index (χ0) is 17.8. The fraction of sp³-hybridized carbons (Fsp3) is 0.167. The highest BCUT2D eigenvalue weighted by Crippen LogP contribution is 2.20. The van der Waals surface area contributed by atoms with Gasteiger partial charge in [0.2, 0.25) is 0 Å². The van der Waals surface area contributed by atoms with Crippen molar-refractivity contribution in [3.05, 3.63) is 59.5 Å². The van der Waals surface area contributed by atoms with E-state index < -0.39 is 5.91 Å². The largest absolute Gasteiger partial charge is 0.460 e. The van der Waals surface area contributed by atoms with Crippen molar-refractivity contribution in [3.63, 3.8) is 0 Å². The maximum Gasteiger partial charge on any atom is 0.291 e. The summed E-state index contributed by atoms with van der Waals surface area (Å²) >= 11 is 0. The molecule has 0 saturated carbocycles. The van der Waals surface area contributed by atoms with Gasteiger partial charge in [0.15, 0.2) is 11.5 Å². The standard InChI is InChI=1S/C18H19N5O2/c1-12-4-9-17(25-12)15-10-16(21-20-15)18(24)22-19-11-13-5-7-14(8-6-13)23(2)3/h4-11H,1-3H3,(H,20,21)(H,22,24)/b19-11+. The number of aromatic nitrogens is 2. The summed E-state index contributed by atoms with van der Waals surface area (Å²) in [6.07, 6.45) is 1.58. The Labute approximate surface area is 145 Å². The van der Waals surface area contributed by atoms with Gasteiger partial charge in [0.25, 0.3) is 5.91 Å². The van der Waals surface area contributed by atoms with Crippen molar-refractivity contribution in [1.29, 1.82) is 0 Å². The first-order valence-corrected chi connectivity index (χ1v) is 7.76. The molecule has 0 aliphatic heterocycles. The number of H-pyrrole nitrogens is 1. The van der Waals surface area contributed by atoms with E-state index in [0.29, 0.717) is 11.5 Å². The highest BCUT2D eigenvalue weighted by atomic mass is 16.3. The highest BCUT2D eigenvalue weighted by molar-refractivity contribution is 5.94. The molecule has 0 radical (unpaired) electrons. The Morgan fingerprint density at radius 2 is 2.00 bits per heavy atom. The molecule has 2 heterocycles. The van der Waals surface area contributed by atoms with Gasteiger partial charge >= 0.3 is 0 Å². The Morgan fingerprint density at radius 3 is 2.64 bits per heavy atom. The van der Waals surface area contributed by atoms with Crippen molar-refractivity contribution in [2.45, 2.75) is 6.92 Å². The average molecular weight is 337 g/mol. The first kappa shape index (κ1) is 16.5. The first-order chi connectivity index (χ1) is 12.0. The van der Waals surface area contributed by atoms with Gasteiger partial charge < -0.3 is 9.32 Å². The maximum atomic E-state index is 12.1. The van der Waals surface area contributed by atoms with Crippen LogP contribution in [-0.2, 0) is 0 Å². The molecular weight excluding hydrogens is 318 g/mol. The molecule has 128 valence electrons. The molecule has 0 bridgehead atoms. The highest BCUT2D eigenvalue weighted by Gasteiger charge is 2.12. The summed E-state index contributed by atoms with van der Waals surface area (Å²) in [5, 5.41) is 10.7. The van der Waals surface area contributed by atoms with Crippen molar-refractivity contribution in [1.82, 2.24) is 15.6 Å². The number of aromatic amines is 1. The van der Waals surface area contributed by atoms with E-state index in [0.717, 1.165) is 17.0 Å². The monoisotopic (exact) mass is 337 g/mol. The number of rotatable bonds is 5. The molecule has 0 unspecified atom stereocenters. The molecule has 25 heavy (non-hydrogen) atoms. The second-order valence-corrected chi connectivity index (χ2v) is 5.76. The normalized spacial score (nSPS) is 11.0. The zero-order valence-electron chi connectivity index (χ0n) is 14.3. The maximum absolute atomic E-state index is 12.1. The lowest BCUT2D eigenvalue weighted by atomic mass is 10.2. The molecule has 2 aromatic heterocycles. The topological polar surface area (TPSA) is 86.5 Å². The number of furan rings is 1. The second kappa shape index (κ2) is 7.04. The van der Waals surface area contributed by atoms with Gasteiger partial charge in [-0.2, -0.15) is 10.2 Å². The van der Waals surface area contributed by atoms with E-state index in [1.54, 1.807) is 12.3 Å². The quantitative estimate of drug-likeness (QED) is 0.554. The molecule has 7 heteroatoms. The lowest BCUT2D eigenvalue weighted by molar-refractivity contribution is 0.0950. The number of hydrazone groups is 1. The van der Waals surface area contributed by atoms with Gasteiger partial charge in [-0.05, 0) is 36.8 Å². The Balaban J connectivity index is 1.61. The Morgan fingerprint density at radius 1 is 1.24 bits per heavy atom. The van der Waals surface area contributed by atoms with E-state index in [1.807, 2.05) is 62.3 Å². The van der Waals surface area contributed by atoms with Crippen LogP contribution in [-0.4, -0.2) is 36.4 Å². The molecule has 0 atom stereocenters. The molecule has 7 nitrogen and oxygen atoms in total. The fourth-order valence-corrected chi connectivity index (χ4v) is 2.22. The third-order valence-electron chi connectivity index (χ3n) is 3.61. The number of hydrogen-bond donors (Lipinski definition) is 2. The van der Waals surface area contributed by atoms with Gasteiger partial charge in [-0.25, -0.2) is 5.43 Å². The number of nitrogens with one attached hydrogen (secondary N) is 2. The van der Waals surface area contributed by atoms with E-state index in [9.17, 15) is 4.79 Å². The fourth-order valence-electron chi connectivity index (χ4n) is 2.22. The van der Waals surface area contributed by atoms with Crippen LogP contribution in [0.5, 0.6) is 0 Å². The second-order valence-electron chi connectivity index (χ2n) is 5.76. The Bertz CT molecular complexity index is 890. The Kier molecular flexibility index (Phi) is 4.65. The van der Waals surface area contributed by atoms with Gasteiger partial charge in [0.1, 0.15) is 11.5 Å². The number of aryl methyl sites for hydroxylation is 1. The molecule has 2 N–H and O–H groups in total. The third kappa shape index (κ3) is 3.95. The number of anilines is 1. The van der Waals surface area contributed by atoms with Crippen LogP contribution in [0.4, 0.5) is 5.69 Å². The minimum absolute atomic E-state index is 0.240. The molecule has 1 amide bonds. The lowest BCUT2D eigenvalue weighted by Crippen LogP contribution is -2.18. The number of carbonyl (C=O) groups is 1. The van der Waals surface area contributed by atoms with Crippen LogP contribution in [0.25, 0.3) is 11.5 Å². The number of nitrogens with zero attached hydrogens (tertiary/aromatic N) is 3. The van der Waals surface area contributed by atoms with Crippen LogP contribution < -0.4 is 10.3 Å². The van der Waals surface area contributed by atoms with Gasteiger partial charge in [-0.3, -0.25) is 9.89 Å². The van der Waals surface area contributed by atoms with Crippen molar-refractivity contribution in [2.24, 2.45) is 5.10 Å². The van der Waals surface area contributed by atoms with E-state index >= 15 is 0 Å². The predicted octanol–water partition coefficient (Wildman–Crippen LogP) is 2.81. The van der Waals surface area contributed by atoms with Crippen molar-refractivity contribution in [2.75, 3.05) is 19.0 Å². The molecule has 0 spiro atoms. The first-order valence-electron chi connectivity index (χ1n) is 7.76. The van der Waals surface area contributed by atoms with Gasteiger partial charge in [0.05, 0.1) is 6.21 Å². The summed E-state index contributed by atoms with van der Waals surface area (Å²) < 4.78 is 5.49.